The molecule has 1 rings (SSSR count). The lowest BCUT2D eigenvalue weighted by molar-refractivity contribution is -0.122. The van der Waals surface area contributed by atoms with Crippen molar-refractivity contribution in [1.82, 2.24) is 10.6 Å². The zero-order valence-corrected chi connectivity index (χ0v) is 13.5. The molecule has 0 bridgehead atoms. The fraction of sp³-hybridized carbons (Fsp3) is 0.429. The second kappa shape index (κ2) is 9.65. The first-order valence-corrected chi connectivity index (χ1v) is 8.38. The summed E-state index contributed by atoms with van der Waals surface area (Å²) in [4.78, 5) is 23.5. The van der Waals surface area contributed by atoms with E-state index in [1.54, 1.807) is 36.0 Å². The maximum Gasteiger partial charge on any atom is 0.252 e. The van der Waals surface area contributed by atoms with Crippen LogP contribution >= 0.6 is 23.4 Å². The van der Waals surface area contributed by atoms with Crippen molar-refractivity contribution in [2.45, 2.75) is 12.5 Å². The molecule has 5 nitrogen and oxygen atoms in total. The van der Waals surface area contributed by atoms with Gasteiger partial charge in [0.1, 0.15) is 0 Å². The van der Waals surface area contributed by atoms with Gasteiger partial charge in [-0.05, 0) is 30.6 Å². The van der Waals surface area contributed by atoms with Crippen LogP contribution in [-0.4, -0.2) is 43.0 Å². The lowest BCUT2D eigenvalue weighted by Gasteiger charge is -2.12. The second-order valence-electron chi connectivity index (χ2n) is 4.41. The van der Waals surface area contributed by atoms with Gasteiger partial charge in [-0.3, -0.25) is 9.59 Å². The Morgan fingerprint density at radius 1 is 1.29 bits per heavy atom. The van der Waals surface area contributed by atoms with Crippen LogP contribution in [0.25, 0.3) is 0 Å². The molecule has 116 valence electrons. The van der Waals surface area contributed by atoms with Crippen molar-refractivity contribution in [2.24, 2.45) is 5.73 Å². The molecular weight excluding hydrogens is 310 g/mol. The molecule has 0 heterocycles. The summed E-state index contributed by atoms with van der Waals surface area (Å²) in [5.74, 6) is 0.384. The van der Waals surface area contributed by atoms with E-state index in [1.807, 2.05) is 6.26 Å². The third-order valence-electron chi connectivity index (χ3n) is 2.80. The van der Waals surface area contributed by atoms with Gasteiger partial charge in [-0.2, -0.15) is 11.8 Å². The Morgan fingerprint density at radius 3 is 2.62 bits per heavy atom. The van der Waals surface area contributed by atoms with E-state index in [4.69, 9.17) is 17.3 Å². The highest BCUT2D eigenvalue weighted by atomic mass is 35.5. The molecule has 0 aliphatic carbocycles. The molecule has 1 atom stereocenters. The zero-order chi connectivity index (χ0) is 15.7. The van der Waals surface area contributed by atoms with E-state index in [2.05, 4.69) is 10.6 Å². The third kappa shape index (κ3) is 6.37. The van der Waals surface area contributed by atoms with Crippen LogP contribution in [0.1, 0.15) is 16.8 Å². The minimum atomic E-state index is -0.503. The summed E-state index contributed by atoms with van der Waals surface area (Å²) in [5.41, 5.74) is 6.14. The van der Waals surface area contributed by atoms with Crippen LogP contribution in [0.3, 0.4) is 0 Å². The van der Waals surface area contributed by atoms with Gasteiger partial charge in [0.15, 0.2) is 0 Å². The van der Waals surface area contributed by atoms with Crippen LogP contribution in [-0.2, 0) is 4.79 Å². The van der Waals surface area contributed by atoms with Crippen molar-refractivity contribution in [3.63, 3.8) is 0 Å². The molecule has 0 aromatic heterocycles. The van der Waals surface area contributed by atoms with Crippen molar-refractivity contribution in [3.05, 3.63) is 34.9 Å². The smallest absolute Gasteiger partial charge is 0.252 e. The van der Waals surface area contributed by atoms with Gasteiger partial charge >= 0.3 is 0 Å². The Balaban J connectivity index is 2.26. The van der Waals surface area contributed by atoms with Gasteiger partial charge in [0, 0.05) is 13.1 Å². The average molecular weight is 330 g/mol. The maximum atomic E-state index is 11.8. The van der Waals surface area contributed by atoms with E-state index in [-0.39, 0.29) is 11.8 Å². The number of carbonyl (C=O) groups is 2. The molecule has 0 spiro atoms. The molecule has 4 N–H and O–H groups in total. The minimum Gasteiger partial charge on any atom is -0.353 e. The van der Waals surface area contributed by atoms with Gasteiger partial charge in [0.25, 0.3) is 5.91 Å². The van der Waals surface area contributed by atoms with Crippen LogP contribution < -0.4 is 16.4 Å². The molecule has 0 saturated heterocycles. The molecule has 1 unspecified atom stereocenters. The Labute approximate surface area is 134 Å². The first-order valence-electron chi connectivity index (χ1n) is 6.61. The quantitative estimate of drug-likeness (QED) is 0.627. The average Bonchev–Trinajstić information content (AvgIpc) is 2.49. The Kier molecular flexibility index (Phi) is 8.19. The largest absolute Gasteiger partial charge is 0.353 e. The van der Waals surface area contributed by atoms with Crippen LogP contribution in [0, 0.1) is 0 Å². The second-order valence-corrected chi connectivity index (χ2v) is 5.81. The molecule has 0 aliphatic rings. The Morgan fingerprint density at radius 2 is 1.95 bits per heavy atom. The monoisotopic (exact) mass is 329 g/mol. The van der Waals surface area contributed by atoms with Gasteiger partial charge < -0.3 is 16.4 Å². The number of benzene rings is 1. The summed E-state index contributed by atoms with van der Waals surface area (Å²) in [6.07, 6.45) is 2.61. The number of rotatable bonds is 8. The zero-order valence-electron chi connectivity index (χ0n) is 11.9. The molecule has 1 aromatic carbocycles. The number of thioether (sulfide) groups is 1. The fourth-order valence-corrected chi connectivity index (χ4v) is 2.32. The van der Waals surface area contributed by atoms with Crippen LogP contribution in [0.4, 0.5) is 0 Å². The standard InChI is InChI=1S/C14H20ClN3O2S/c1-21-9-6-12(16)14(20)18-8-7-17-13(19)10-4-2-3-5-11(10)15/h2-5,12H,6-9,16H2,1H3,(H,17,19)(H,18,20). The summed E-state index contributed by atoms with van der Waals surface area (Å²) >= 11 is 7.57. The number of halogens is 1. The molecule has 0 saturated carbocycles. The summed E-state index contributed by atoms with van der Waals surface area (Å²) in [7, 11) is 0. The van der Waals surface area contributed by atoms with Gasteiger partial charge in [0.05, 0.1) is 16.6 Å². The Bertz CT molecular complexity index is 485. The lowest BCUT2D eigenvalue weighted by Crippen LogP contribution is -2.43. The molecule has 0 aliphatic heterocycles. The highest BCUT2D eigenvalue weighted by Gasteiger charge is 2.12. The highest BCUT2D eigenvalue weighted by Crippen LogP contribution is 2.14. The minimum absolute atomic E-state index is 0.198. The van der Waals surface area contributed by atoms with E-state index in [9.17, 15) is 9.59 Å². The summed E-state index contributed by atoms with van der Waals surface area (Å²) in [5, 5.41) is 5.79. The molecule has 0 radical (unpaired) electrons. The van der Waals surface area contributed by atoms with E-state index in [1.165, 1.54) is 0 Å². The normalized spacial score (nSPS) is 11.8. The maximum absolute atomic E-state index is 11.8. The van der Waals surface area contributed by atoms with Gasteiger partial charge in [0.2, 0.25) is 5.91 Å². The van der Waals surface area contributed by atoms with Gasteiger partial charge in [-0.25, -0.2) is 0 Å². The predicted molar refractivity (Wildman–Crippen MR) is 87.8 cm³/mol. The van der Waals surface area contributed by atoms with Gasteiger partial charge in [-0.1, -0.05) is 23.7 Å². The molecule has 0 fully saturated rings. The van der Waals surface area contributed by atoms with Crippen molar-refractivity contribution in [1.29, 1.82) is 0 Å². The summed E-state index contributed by atoms with van der Waals surface area (Å²) < 4.78 is 0. The van der Waals surface area contributed by atoms with Crippen molar-refractivity contribution >= 4 is 35.2 Å². The number of amides is 2. The van der Waals surface area contributed by atoms with E-state index >= 15 is 0 Å². The van der Waals surface area contributed by atoms with Crippen LogP contribution in [0.15, 0.2) is 24.3 Å². The first kappa shape index (κ1) is 17.8. The third-order valence-corrected chi connectivity index (χ3v) is 3.77. The predicted octanol–water partition coefficient (Wildman–Crippen LogP) is 1.27. The number of nitrogens with two attached hydrogens (primary N) is 1. The number of carbonyl (C=O) groups excluding carboxylic acids is 2. The van der Waals surface area contributed by atoms with Crippen molar-refractivity contribution < 1.29 is 9.59 Å². The fourth-order valence-electron chi connectivity index (χ4n) is 1.61. The van der Waals surface area contributed by atoms with Crippen molar-refractivity contribution in [2.75, 3.05) is 25.1 Å². The van der Waals surface area contributed by atoms with E-state index in [0.717, 1.165) is 5.75 Å². The number of hydrogen-bond donors (Lipinski definition) is 3. The molecule has 1 aromatic rings. The summed E-state index contributed by atoms with van der Waals surface area (Å²) in [6, 6.07) is 6.30. The van der Waals surface area contributed by atoms with E-state index in [0.29, 0.717) is 30.1 Å². The SMILES string of the molecule is CSCCC(N)C(=O)NCCNC(=O)c1ccccc1Cl. The van der Waals surface area contributed by atoms with Gasteiger partial charge in [-0.15, -0.1) is 0 Å². The van der Waals surface area contributed by atoms with Crippen LogP contribution in [0.5, 0.6) is 0 Å². The Hall–Kier alpha value is -1.24. The number of hydrogen-bond acceptors (Lipinski definition) is 4. The molecule has 21 heavy (non-hydrogen) atoms. The highest BCUT2D eigenvalue weighted by molar-refractivity contribution is 7.98. The first-order chi connectivity index (χ1) is 10.1. The molecule has 2 amide bonds. The topological polar surface area (TPSA) is 84.2 Å². The van der Waals surface area contributed by atoms with Crippen LogP contribution in [0.2, 0.25) is 5.02 Å². The van der Waals surface area contributed by atoms with Crippen molar-refractivity contribution in [3.8, 4) is 0 Å². The molecular formula is C14H20ClN3O2S. The summed E-state index contributed by atoms with van der Waals surface area (Å²) in [6.45, 7) is 0.660. The number of nitrogens with one attached hydrogen (secondary N) is 2. The van der Waals surface area contributed by atoms with E-state index < -0.39 is 6.04 Å². The lowest BCUT2D eigenvalue weighted by atomic mass is 10.2. The molecule has 7 heteroatoms.